The molecule has 0 unspecified atom stereocenters. The molecule has 26 heteroatoms. The number of carboxylic acid groups (broad SMARTS) is 3. The Balaban J connectivity index is 1.79. The van der Waals surface area contributed by atoms with Crippen molar-refractivity contribution >= 4 is 65.2 Å². The highest BCUT2D eigenvalue weighted by atomic mass is 16.4. The molecule has 26 nitrogen and oxygen atoms in total. The van der Waals surface area contributed by atoms with Gasteiger partial charge < -0.3 is 78.7 Å². The van der Waals surface area contributed by atoms with Crippen LogP contribution in [0.25, 0.3) is 0 Å². The van der Waals surface area contributed by atoms with Gasteiger partial charge in [0.1, 0.15) is 48.3 Å². The number of carbonyl (C=O) groups is 11. The van der Waals surface area contributed by atoms with Crippen molar-refractivity contribution in [3.63, 3.8) is 0 Å². The molecule has 2 heterocycles. The Morgan fingerprint density at radius 2 is 1.14 bits per heavy atom. The van der Waals surface area contributed by atoms with Crippen molar-refractivity contribution in [2.75, 3.05) is 32.8 Å². The third-order valence-electron chi connectivity index (χ3n) is 12.1. The first-order chi connectivity index (χ1) is 34.1. The number of benzene rings is 1. The number of likely N-dealkylation sites (tertiary alicyclic amines) is 2. The first-order valence-corrected chi connectivity index (χ1v) is 23.9. The molecule has 3 rings (SSSR count). The van der Waals surface area contributed by atoms with E-state index in [4.69, 9.17) is 11.5 Å². The summed E-state index contributed by atoms with van der Waals surface area (Å²) in [6, 6.07) is -4.21. The fourth-order valence-electron chi connectivity index (χ4n) is 8.33. The molecule has 2 aliphatic heterocycles. The van der Waals surface area contributed by atoms with E-state index in [-0.39, 0.29) is 64.1 Å². The van der Waals surface area contributed by atoms with E-state index in [1.54, 1.807) is 44.2 Å². The number of hydrogen-bond acceptors (Lipinski definition) is 15. The van der Waals surface area contributed by atoms with Crippen LogP contribution in [0.2, 0.25) is 0 Å². The van der Waals surface area contributed by atoms with Crippen LogP contribution in [0.15, 0.2) is 30.3 Å². The average molecular weight is 1020 g/mol. The van der Waals surface area contributed by atoms with E-state index in [2.05, 4.69) is 31.9 Å². The van der Waals surface area contributed by atoms with Gasteiger partial charge in [0.15, 0.2) is 0 Å². The van der Waals surface area contributed by atoms with Gasteiger partial charge in [0.05, 0.1) is 25.7 Å². The van der Waals surface area contributed by atoms with Crippen LogP contribution in [0, 0.1) is 5.92 Å². The van der Waals surface area contributed by atoms with Gasteiger partial charge in [0.2, 0.25) is 47.3 Å². The van der Waals surface area contributed by atoms with E-state index in [9.17, 15) is 78.3 Å². The fourth-order valence-corrected chi connectivity index (χ4v) is 8.33. The van der Waals surface area contributed by atoms with Crippen LogP contribution < -0.4 is 43.4 Å². The second kappa shape index (κ2) is 29.5. The number of nitrogens with two attached hydrogens (primary N) is 2. The zero-order chi connectivity index (χ0) is 53.7. The first-order valence-electron chi connectivity index (χ1n) is 23.9. The van der Waals surface area contributed by atoms with E-state index in [0.717, 1.165) is 0 Å². The number of carboxylic acids is 3. The van der Waals surface area contributed by atoms with Gasteiger partial charge >= 0.3 is 17.9 Å². The monoisotopic (exact) mass is 1020 g/mol. The fraction of sp³-hybridized carbons (Fsp3) is 0.630. The number of unbranched alkanes of at least 4 members (excludes halogenated alkanes) is 1. The van der Waals surface area contributed by atoms with Crippen molar-refractivity contribution < 1.29 is 78.3 Å². The number of aliphatic hydroxyl groups excluding tert-OH is 2. The molecule has 0 spiro atoms. The molecular weight excluding hydrogens is 949 g/mol. The molecule has 1 aromatic carbocycles. The molecule has 400 valence electrons. The van der Waals surface area contributed by atoms with Crippen molar-refractivity contribution in [1.29, 1.82) is 0 Å². The number of carbonyl (C=O) groups excluding carboxylic acids is 8. The highest BCUT2D eigenvalue weighted by molar-refractivity contribution is 5.99. The summed E-state index contributed by atoms with van der Waals surface area (Å²) >= 11 is 0. The Morgan fingerprint density at radius 1 is 0.625 bits per heavy atom. The predicted molar refractivity (Wildman–Crippen MR) is 252 cm³/mol. The first kappa shape index (κ1) is 59.5. The number of nitrogens with zero attached hydrogens (tertiary/aromatic N) is 2. The molecule has 0 aromatic heterocycles. The van der Waals surface area contributed by atoms with E-state index in [1.807, 2.05) is 0 Å². The minimum absolute atomic E-state index is 0.0110. The minimum Gasteiger partial charge on any atom is -0.481 e. The predicted octanol–water partition coefficient (Wildman–Crippen LogP) is -3.97. The van der Waals surface area contributed by atoms with Gasteiger partial charge in [-0.1, -0.05) is 44.2 Å². The largest absolute Gasteiger partial charge is 0.481 e. The Morgan fingerprint density at radius 3 is 1.67 bits per heavy atom. The van der Waals surface area contributed by atoms with Crippen LogP contribution >= 0.6 is 0 Å². The lowest BCUT2D eigenvalue weighted by molar-refractivity contribution is -0.148. The summed E-state index contributed by atoms with van der Waals surface area (Å²) in [6.07, 6.45) is -0.128. The van der Waals surface area contributed by atoms with Gasteiger partial charge in [-0.15, -0.1) is 0 Å². The molecule has 2 aliphatic rings. The summed E-state index contributed by atoms with van der Waals surface area (Å²) in [5.41, 5.74) is 12.2. The zero-order valence-corrected chi connectivity index (χ0v) is 40.5. The Bertz CT molecular complexity index is 2080. The molecule has 0 aliphatic carbocycles. The molecule has 2 saturated heterocycles. The maximum atomic E-state index is 14.4. The van der Waals surface area contributed by atoms with Crippen molar-refractivity contribution in [3.05, 3.63) is 35.9 Å². The molecule has 15 N–H and O–H groups in total. The van der Waals surface area contributed by atoms with Crippen molar-refractivity contribution in [2.24, 2.45) is 17.4 Å². The summed E-state index contributed by atoms with van der Waals surface area (Å²) in [5.74, 6) is -11.4. The van der Waals surface area contributed by atoms with Crippen molar-refractivity contribution in [1.82, 2.24) is 41.7 Å². The SMILES string of the molecule is CC(C)C[C@H](NC(=O)[C@H](CO)NC(=O)[C@H](CO)NC(=O)[C@H](CCC(=O)O)NC(=O)[C@H](CCCCN)NC(=O)[C@@H]1CCCN1C(=O)[C@@H]1CCCN1C(=O)[C@H](Cc1ccccc1)NC(=O)[C@@H](N)CC(=O)O)C(=O)O. The number of nitrogens with one attached hydrogen (secondary N) is 6. The van der Waals surface area contributed by atoms with Gasteiger partial charge in [-0.2, -0.15) is 0 Å². The summed E-state index contributed by atoms with van der Waals surface area (Å²) in [4.78, 5) is 146. The van der Waals surface area contributed by atoms with E-state index >= 15 is 0 Å². The van der Waals surface area contributed by atoms with E-state index < -0.39 is 152 Å². The molecule has 9 atom stereocenters. The molecule has 0 bridgehead atoms. The number of hydrogen-bond donors (Lipinski definition) is 13. The topological polar surface area (TPSA) is 420 Å². The summed E-state index contributed by atoms with van der Waals surface area (Å²) < 4.78 is 0. The Hall–Kier alpha value is -6.77. The van der Waals surface area contributed by atoms with Gasteiger partial charge in [0.25, 0.3) is 0 Å². The highest BCUT2D eigenvalue weighted by Crippen LogP contribution is 2.26. The molecule has 8 amide bonds. The van der Waals surface area contributed by atoms with Gasteiger partial charge in [-0.25, -0.2) is 4.79 Å². The van der Waals surface area contributed by atoms with Crippen LogP contribution in [0.5, 0.6) is 0 Å². The lowest BCUT2D eigenvalue weighted by Crippen LogP contribution is -2.61. The minimum atomic E-state index is -1.83. The van der Waals surface area contributed by atoms with Crippen molar-refractivity contribution in [3.8, 4) is 0 Å². The summed E-state index contributed by atoms with van der Waals surface area (Å²) in [7, 11) is 0. The highest BCUT2D eigenvalue weighted by Gasteiger charge is 2.44. The lowest BCUT2D eigenvalue weighted by Gasteiger charge is -2.33. The second-order valence-corrected chi connectivity index (χ2v) is 18.2. The molecule has 1 aromatic rings. The quantitative estimate of drug-likeness (QED) is 0.0327. The van der Waals surface area contributed by atoms with Crippen LogP contribution in [0.4, 0.5) is 0 Å². The zero-order valence-electron chi connectivity index (χ0n) is 40.5. The number of aliphatic carboxylic acids is 3. The summed E-state index contributed by atoms with van der Waals surface area (Å²) in [6.45, 7) is 1.76. The lowest BCUT2D eigenvalue weighted by atomic mass is 10.0. The molecule has 2 fully saturated rings. The van der Waals surface area contributed by atoms with Gasteiger partial charge in [0, 0.05) is 25.9 Å². The summed E-state index contributed by atoms with van der Waals surface area (Å²) in [5, 5.41) is 62.2. The standard InChI is InChI=1S/C46H70N10O16/c1-25(2)20-31(46(71)72)52-41(66)32(23-57)54-42(67)33(24-58)53-40(65)29(15-16-36(59)60)49-39(64)28(12-6-7-17-47)50-43(68)34-13-8-18-55(34)45(70)35-14-9-19-56(35)44(69)30(21-26-10-4-3-5-11-26)51-38(63)27(48)22-37(61)62/h3-5,10-11,25,27-35,57-58H,6-9,12-24,47-48H2,1-2H3,(H,49,64)(H,50,68)(H,51,63)(H,52,66)(H,53,65)(H,54,67)(H,59,60)(H,61,62)(H,71,72)/t27-,28-,29-,30-,31-,32-,33-,34-,35-/m0/s1. The van der Waals surface area contributed by atoms with Gasteiger partial charge in [-0.3, -0.25) is 47.9 Å². The molecular formula is C46H70N10O16. The van der Waals surface area contributed by atoms with E-state index in [0.29, 0.717) is 24.8 Å². The van der Waals surface area contributed by atoms with Gasteiger partial charge in [-0.05, 0) is 75.8 Å². The van der Waals surface area contributed by atoms with Crippen molar-refractivity contribution in [2.45, 2.75) is 145 Å². The van der Waals surface area contributed by atoms with E-state index in [1.165, 1.54) is 9.80 Å². The molecule has 72 heavy (non-hydrogen) atoms. The molecule has 0 radical (unpaired) electrons. The van der Waals surface area contributed by atoms with Crippen LogP contribution in [-0.2, 0) is 59.2 Å². The normalized spacial score (nSPS) is 18.3. The van der Waals surface area contributed by atoms with Crippen LogP contribution in [0.1, 0.15) is 90.0 Å². The molecule has 0 saturated carbocycles. The maximum absolute atomic E-state index is 14.4. The van der Waals surface area contributed by atoms with Crippen LogP contribution in [-0.4, -0.2) is 188 Å². The Labute approximate surface area is 415 Å². The number of rotatable bonds is 30. The number of aliphatic hydroxyl groups is 2. The smallest absolute Gasteiger partial charge is 0.326 e. The average Bonchev–Trinajstić information content (AvgIpc) is 4.04. The van der Waals surface area contributed by atoms with Crippen LogP contribution in [0.3, 0.4) is 0 Å². The second-order valence-electron chi connectivity index (χ2n) is 18.2. The number of amides is 8. The maximum Gasteiger partial charge on any atom is 0.326 e. The third kappa shape index (κ3) is 18.4. The third-order valence-corrected chi connectivity index (χ3v) is 12.1. The Kier molecular flexibility index (Phi) is 24.4.